The van der Waals surface area contributed by atoms with Gasteiger partial charge in [0.05, 0.1) is 16.9 Å². The van der Waals surface area contributed by atoms with E-state index in [1.807, 2.05) is 17.0 Å². The number of halogens is 3. The number of nitrogens with one attached hydrogen (secondary N) is 1. The highest BCUT2D eigenvalue weighted by atomic mass is 19.4. The zero-order valence-electron chi connectivity index (χ0n) is 18.0. The van der Waals surface area contributed by atoms with Crippen LogP contribution in [0.3, 0.4) is 0 Å². The summed E-state index contributed by atoms with van der Waals surface area (Å²) in [6, 6.07) is 11.0. The SMILES string of the molecule is CC[C@H](C)c1ccc(OCC(=O)Nc2cc(C(F)(F)F)ccc2N2CCCCC2)cc1. The van der Waals surface area contributed by atoms with Gasteiger partial charge in [0, 0.05) is 13.1 Å². The maximum atomic E-state index is 13.2. The summed E-state index contributed by atoms with van der Waals surface area (Å²) in [6.07, 6.45) is -0.399. The van der Waals surface area contributed by atoms with E-state index in [1.54, 1.807) is 12.1 Å². The lowest BCUT2D eigenvalue weighted by molar-refractivity contribution is -0.137. The van der Waals surface area contributed by atoms with Gasteiger partial charge >= 0.3 is 6.18 Å². The normalized spacial score (nSPS) is 15.5. The zero-order valence-corrected chi connectivity index (χ0v) is 18.0. The standard InChI is InChI=1S/C24H29F3N2O2/c1-3-17(2)18-7-10-20(11-8-18)31-16-23(30)28-21-15-19(24(25,26)27)9-12-22(21)29-13-5-4-6-14-29/h7-12,15,17H,3-6,13-14,16H2,1-2H3,(H,28,30)/t17-/m0/s1. The molecule has 0 radical (unpaired) electrons. The molecule has 1 aliphatic heterocycles. The van der Waals surface area contributed by atoms with E-state index in [0.717, 1.165) is 50.9 Å². The Balaban J connectivity index is 1.70. The molecule has 0 saturated carbocycles. The number of carbonyl (C=O) groups excluding carboxylic acids is 1. The molecule has 1 heterocycles. The Hall–Kier alpha value is -2.70. The van der Waals surface area contributed by atoms with Gasteiger partial charge in [0.15, 0.2) is 6.61 Å². The molecule has 1 fully saturated rings. The van der Waals surface area contributed by atoms with Gasteiger partial charge in [0.25, 0.3) is 5.91 Å². The van der Waals surface area contributed by atoms with Crippen molar-refractivity contribution in [2.75, 3.05) is 29.9 Å². The minimum Gasteiger partial charge on any atom is -0.484 e. The average Bonchev–Trinajstić information content (AvgIpc) is 2.77. The maximum absolute atomic E-state index is 13.2. The molecular weight excluding hydrogens is 405 g/mol. The molecule has 168 valence electrons. The van der Waals surface area contributed by atoms with Gasteiger partial charge in [-0.3, -0.25) is 4.79 Å². The van der Waals surface area contributed by atoms with Crippen LogP contribution in [-0.2, 0) is 11.0 Å². The molecule has 0 aromatic heterocycles. The first-order valence-electron chi connectivity index (χ1n) is 10.8. The molecule has 2 aromatic carbocycles. The summed E-state index contributed by atoms with van der Waals surface area (Å²) in [7, 11) is 0. The van der Waals surface area contributed by atoms with Crippen molar-refractivity contribution in [1.29, 1.82) is 0 Å². The third-order valence-electron chi connectivity index (χ3n) is 5.73. The molecule has 2 aromatic rings. The van der Waals surface area contributed by atoms with Crippen molar-refractivity contribution in [1.82, 2.24) is 0 Å². The van der Waals surface area contributed by atoms with E-state index in [0.29, 0.717) is 17.4 Å². The van der Waals surface area contributed by atoms with Gasteiger partial charge in [0.2, 0.25) is 0 Å². The van der Waals surface area contributed by atoms with Gasteiger partial charge in [-0.05, 0) is 67.5 Å². The van der Waals surface area contributed by atoms with Crippen LogP contribution in [-0.4, -0.2) is 25.6 Å². The van der Waals surface area contributed by atoms with Crippen molar-refractivity contribution in [3.05, 3.63) is 53.6 Å². The Bertz CT molecular complexity index is 875. The third kappa shape index (κ3) is 6.15. The average molecular weight is 435 g/mol. The van der Waals surface area contributed by atoms with Crippen LogP contribution in [0.1, 0.15) is 56.6 Å². The second-order valence-corrected chi connectivity index (χ2v) is 7.99. The quantitative estimate of drug-likeness (QED) is 0.562. The molecule has 1 saturated heterocycles. The lowest BCUT2D eigenvalue weighted by atomic mass is 9.99. The number of anilines is 2. The number of carbonyl (C=O) groups is 1. The number of ether oxygens (including phenoxy) is 1. The highest BCUT2D eigenvalue weighted by molar-refractivity contribution is 5.95. The van der Waals surface area contributed by atoms with Crippen LogP contribution < -0.4 is 15.0 Å². The Morgan fingerprint density at radius 3 is 2.39 bits per heavy atom. The van der Waals surface area contributed by atoms with Crippen molar-refractivity contribution < 1.29 is 22.7 Å². The summed E-state index contributed by atoms with van der Waals surface area (Å²) in [5.41, 5.74) is 1.18. The Morgan fingerprint density at radius 2 is 1.77 bits per heavy atom. The maximum Gasteiger partial charge on any atom is 0.416 e. The number of nitrogens with zero attached hydrogens (tertiary/aromatic N) is 1. The summed E-state index contributed by atoms with van der Waals surface area (Å²) < 4.78 is 45.2. The van der Waals surface area contributed by atoms with Crippen LogP contribution in [0.4, 0.5) is 24.5 Å². The van der Waals surface area contributed by atoms with Gasteiger partial charge in [-0.1, -0.05) is 26.0 Å². The molecule has 4 nitrogen and oxygen atoms in total. The topological polar surface area (TPSA) is 41.6 Å². The van der Waals surface area contributed by atoms with Crippen LogP contribution in [0.25, 0.3) is 0 Å². The van der Waals surface area contributed by atoms with Gasteiger partial charge in [-0.15, -0.1) is 0 Å². The molecule has 1 atom stereocenters. The Morgan fingerprint density at radius 1 is 1.10 bits per heavy atom. The molecule has 0 spiro atoms. The van der Waals surface area contributed by atoms with Crippen molar-refractivity contribution in [2.45, 2.75) is 51.6 Å². The molecule has 1 N–H and O–H groups in total. The number of rotatable bonds is 7. The number of alkyl halides is 3. The van der Waals surface area contributed by atoms with Crippen molar-refractivity contribution in [2.24, 2.45) is 0 Å². The van der Waals surface area contributed by atoms with Gasteiger partial charge in [-0.2, -0.15) is 13.2 Å². The van der Waals surface area contributed by atoms with Gasteiger partial charge in [-0.25, -0.2) is 0 Å². The Kier molecular flexibility index (Phi) is 7.46. The van der Waals surface area contributed by atoms with E-state index in [-0.39, 0.29) is 12.3 Å². The second kappa shape index (κ2) is 10.1. The first kappa shape index (κ1) is 23.0. The van der Waals surface area contributed by atoms with Crippen LogP contribution >= 0.6 is 0 Å². The van der Waals surface area contributed by atoms with E-state index in [9.17, 15) is 18.0 Å². The van der Waals surface area contributed by atoms with Gasteiger partial charge < -0.3 is 15.0 Å². The number of amides is 1. The van der Waals surface area contributed by atoms with E-state index < -0.39 is 17.6 Å². The Labute approximate surface area is 181 Å². The molecule has 7 heteroatoms. The van der Waals surface area contributed by atoms with Crippen molar-refractivity contribution in [3.63, 3.8) is 0 Å². The number of benzene rings is 2. The third-order valence-corrected chi connectivity index (χ3v) is 5.73. The number of hydrogen-bond acceptors (Lipinski definition) is 3. The summed E-state index contributed by atoms with van der Waals surface area (Å²) in [5, 5.41) is 2.62. The summed E-state index contributed by atoms with van der Waals surface area (Å²) in [5.74, 6) is 0.484. The first-order chi connectivity index (χ1) is 14.8. The summed E-state index contributed by atoms with van der Waals surface area (Å²) >= 11 is 0. The fourth-order valence-electron chi connectivity index (χ4n) is 3.69. The first-order valence-corrected chi connectivity index (χ1v) is 10.8. The van der Waals surface area contributed by atoms with E-state index in [2.05, 4.69) is 19.2 Å². The molecule has 3 rings (SSSR count). The smallest absolute Gasteiger partial charge is 0.416 e. The number of piperidine rings is 1. The van der Waals surface area contributed by atoms with Crippen LogP contribution in [0.2, 0.25) is 0 Å². The van der Waals surface area contributed by atoms with Crippen LogP contribution in [0.5, 0.6) is 5.75 Å². The zero-order chi connectivity index (χ0) is 22.4. The fourth-order valence-corrected chi connectivity index (χ4v) is 3.69. The predicted octanol–water partition coefficient (Wildman–Crippen LogP) is 6.23. The monoisotopic (exact) mass is 434 g/mol. The van der Waals surface area contributed by atoms with E-state index in [1.165, 1.54) is 11.6 Å². The molecule has 1 amide bonds. The molecule has 0 aliphatic carbocycles. The predicted molar refractivity (Wildman–Crippen MR) is 117 cm³/mol. The minimum absolute atomic E-state index is 0.164. The highest BCUT2D eigenvalue weighted by Crippen LogP contribution is 2.36. The lowest BCUT2D eigenvalue weighted by Gasteiger charge is -2.31. The van der Waals surface area contributed by atoms with E-state index >= 15 is 0 Å². The van der Waals surface area contributed by atoms with Crippen LogP contribution in [0, 0.1) is 0 Å². The van der Waals surface area contributed by atoms with Crippen LogP contribution in [0.15, 0.2) is 42.5 Å². The summed E-state index contributed by atoms with van der Waals surface area (Å²) in [6.45, 7) is 5.49. The number of hydrogen-bond donors (Lipinski definition) is 1. The highest BCUT2D eigenvalue weighted by Gasteiger charge is 2.32. The van der Waals surface area contributed by atoms with Gasteiger partial charge in [0.1, 0.15) is 5.75 Å². The molecule has 1 aliphatic rings. The minimum atomic E-state index is -4.48. The largest absolute Gasteiger partial charge is 0.484 e. The second-order valence-electron chi connectivity index (χ2n) is 7.99. The molecular formula is C24H29F3N2O2. The van der Waals surface area contributed by atoms with Crippen molar-refractivity contribution in [3.8, 4) is 5.75 Å². The lowest BCUT2D eigenvalue weighted by Crippen LogP contribution is -2.31. The fraction of sp³-hybridized carbons (Fsp3) is 0.458. The molecule has 31 heavy (non-hydrogen) atoms. The molecule has 0 unspecified atom stereocenters. The molecule has 0 bridgehead atoms. The van der Waals surface area contributed by atoms with E-state index in [4.69, 9.17) is 4.74 Å². The van der Waals surface area contributed by atoms with Crippen molar-refractivity contribution >= 4 is 17.3 Å². The summed E-state index contributed by atoms with van der Waals surface area (Å²) in [4.78, 5) is 14.5.